The molecule has 0 radical (unpaired) electrons. The summed E-state index contributed by atoms with van der Waals surface area (Å²) in [7, 11) is 0. The van der Waals surface area contributed by atoms with Crippen molar-refractivity contribution in [3.63, 3.8) is 0 Å². The Balaban J connectivity index is 1.54. The Labute approximate surface area is 151 Å². The Morgan fingerprint density at radius 2 is 2.27 bits per heavy atom. The SMILES string of the molecule is NC(=O)c1cnc(Nc2ccc3c(c2)NCCCO3)nc1NCC1CC1. The number of nitrogens with two attached hydrogens (primary N) is 1. The zero-order valence-electron chi connectivity index (χ0n) is 14.4. The molecule has 2 aromatic rings. The Morgan fingerprint density at radius 1 is 1.38 bits per heavy atom. The number of benzene rings is 1. The zero-order chi connectivity index (χ0) is 17.9. The van der Waals surface area contributed by atoms with Crippen LogP contribution in [0.1, 0.15) is 29.6 Å². The van der Waals surface area contributed by atoms with Crippen LogP contribution in [-0.2, 0) is 0 Å². The van der Waals surface area contributed by atoms with Gasteiger partial charge in [-0.15, -0.1) is 0 Å². The Bertz CT molecular complexity index is 821. The molecule has 2 heterocycles. The molecule has 5 N–H and O–H groups in total. The van der Waals surface area contributed by atoms with Crippen molar-refractivity contribution in [2.24, 2.45) is 11.7 Å². The number of rotatable bonds is 6. The molecule has 1 fully saturated rings. The van der Waals surface area contributed by atoms with E-state index in [0.29, 0.717) is 29.9 Å². The summed E-state index contributed by atoms with van der Waals surface area (Å²) in [6.45, 7) is 2.37. The van der Waals surface area contributed by atoms with Crippen molar-refractivity contribution in [1.29, 1.82) is 0 Å². The van der Waals surface area contributed by atoms with Crippen LogP contribution in [0.5, 0.6) is 5.75 Å². The van der Waals surface area contributed by atoms with E-state index in [4.69, 9.17) is 10.5 Å². The Morgan fingerprint density at radius 3 is 3.08 bits per heavy atom. The van der Waals surface area contributed by atoms with E-state index in [0.717, 1.165) is 36.6 Å². The maximum absolute atomic E-state index is 11.6. The van der Waals surface area contributed by atoms with Gasteiger partial charge in [0.1, 0.15) is 11.6 Å². The van der Waals surface area contributed by atoms with Crippen molar-refractivity contribution in [3.8, 4) is 5.75 Å². The fourth-order valence-corrected chi connectivity index (χ4v) is 2.80. The molecule has 1 amide bonds. The van der Waals surface area contributed by atoms with Gasteiger partial charge in [-0.25, -0.2) is 4.98 Å². The van der Waals surface area contributed by atoms with Gasteiger partial charge in [0.25, 0.3) is 5.91 Å². The van der Waals surface area contributed by atoms with Crippen LogP contribution in [0.25, 0.3) is 0 Å². The second-order valence-corrected chi connectivity index (χ2v) is 6.61. The maximum Gasteiger partial charge on any atom is 0.254 e. The van der Waals surface area contributed by atoms with Crippen molar-refractivity contribution in [1.82, 2.24) is 9.97 Å². The summed E-state index contributed by atoms with van der Waals surface area (Å²) >= 11 is 0. The number of carbonyl (C=O) groups excluding carboxylic acids is 1. The minimum atomic E-state index is -0.541. The minimum Gasteiger partial charge on any atom is -0.491 e. The lowest BCUT2D eigenvalue weighted by Crippen LogP contribution is -2.18. The molecule has 1 aliphatic carbocycles. The third-order valence-electron chi connectivity index (χ3n) is 4.44. The average molecular weight is 354 g/mol. The molecule has 1 aromatic carbocycles. The molecule has 8 heteroatoms. The number of carbonyl (C=O) groups is 1. The molecule has 0 spiro atoms. The van der Waals surface area contributed by atoms with Crippen LogP contribution >= 0.6 is 0 Å². The van der Waals surface area contributed by atoms with Crippen LogP contribution in [-0.4, -0.2) is 35.6 Å². The number of primary amides is 1. The van der Waals surface area contributed by atoms with E-state index in [9.17, 15) is 4.79 Å². The standard InChI is InChI=1S/C18H22N6O2/c19-16(25)13-10-22-18(24-17(13)21-9-11-2-3-11)23-12-4-5-15-14(8-12)20-6-1-7-26-15/h4-5,8,10-11,20H,1-3,6-7,9H2,(H2,19,25)(H2,21,22,23,24). The van der Waals surface area contributed by atoms with Gasteiger partial charge in [-0.05, 0) is 43.4 Å². The molecule has 0 saturated heterocycles. The monoisotopic (exact) mass is 354 g/mol. The van der Waals surface area contributed by atoms with E-state index in [1.165, 1.54) is 19.0 Å². The largest absolute Gasteiger partial charge is 0.491 e. The lowest BCUT2D eigenvalue weighted by Gasteiger charge is -2.13. The average Bonchev–Trinajstić information content (AvgIpc) is 3.46. The fourth-order valence-electron chi connectivity index (χ4n) is 2.80. The van der Waals surface area contributed by atoms with Gasteiger partial charge in [0.05, 0.1) is 17.9 Å². The molecular weight excluding hydrogens is 332 g/mol. The molecule has 0 unspecified atom stereocenters. The van der Waals surface area contributed by atoms with Crippen LogP contribution < -0.4 is 26.4 Å². The van der Waals surface area contributed by atoms with E-state index < -0.39 is 5.91 Å². The van der Waals surface area contributed by atoms with Gasteiger partial charge in [0.15, 0.2) is 0 Å². The van der Waals surface area contributed by atoms with E-state index in [1.807, 2.05) is 18.2 Å². The second-order valence-electron chi connectivity index (χ2n) is 6.61. The number of ether oxygens (including phenoxy) is 1. The third kappa shape index (κ3) is 3.79. The smallest absolute Gasteiger partial charge is 0.254 e. The van der Waals surface area contributed by atoms with Crippen LogP contribution in [0.15, 0.2) is 24.4 Å². The Kier molecular flexibility index (Phi) is 4.47. The molecule has 0 atom stereocenters. The number of nitrogens with one attached hydrogen (secondary N) is 3. The fraction of sp³-hybridized carbons (Fsp3) is 0.389. The van der Waals surface area contributed by atoms with Gasteiger partial charge >= 0.3 is 0 Å². The highest BCUT2D eigenvalue weighted by Gasteiger charge is 2.22. The van der Waals surface area contributed by atoms with Crippen LogP contribution in [0.4, 0.5) is 23.1 Å². The number of anilines is 4. The van der Waals surface area contributed by atoms with Crippen molar-refractivity contribution in [2.75, 3.05) is 35.6 Å². The van der Waals surface area contributed by atoms with Gasteiger partial charge in [0.2, 0.25) is 5.95 Å². The summed E-state index contributed by atoms with van der Waals surface area (Å²) in [6.07, 6.45) is 4.83. The van der Waals surface area contributed by atoms with Crippen LogP contribution in [0, 0.1) is 5.92 Å². The first kappa shape index (κ1) is 16.4. The normalized spacial score (nSPS) is 15.8. The lowest BCUT2D eigenvalue weighted by molar-refractivity contribution is 0.100. The maximum atomic E-state index is 11.6. The summed E-state index contributed by atoms with van der Waals surface area (Å²) < 4.78 is 5.69. The highest BCUT2D eigenvalue weighted by atomic mass is 16.5. The van der Waals surface area contributed by atoms with Gasteiger partial charge in [-0.2, -0.15) is 4.98 Å². The first-order valence-corrected chi connectivity index (χ1v) is 8.87. The second kappa shape index (κ2) is 7.07. The zero-order valence-corrected chi connectivity index (χ0v) is 14.4. The number of nitrogens with zero attached hydrogens (tertiary/aromatic N) is 2. The third-order valence-corrected chi connectivity index (χ3v) is 4.44. The van der Waals surface area contributed by atoms with Crippen molar-refractivity contribution < 1.29 is 9.53 Å². The summed E-state index contributed by atoms with van der Waals surface area (Å²) in [6, 6.07) is 5.79. The number of aromatic nitrogens is 2. The lowest BCUT2D eigenvalue weighted by atomic mass is 10.2. The van der Waals surface area contributed by atoms with Crippen LogP contribution in [0.2, 0.25) is 0 Å². The predicted octanol–water partition coefficient (Wildman–Crippen LogP) is 2.34. The quantitative estimate of drug-likeness (QED) is 0.629. The molecular formula is C18H22N6O2. The molecule has 4 rings (SSSR count). The molecule has 26 heavy (non-hydrogen) atoms. The number of hydrogen-bond donors (Lipinski definition) is 4. The topological polar surface area (TPSA) is 114 Å². The number of fused-ring (bicyclic) bond motifs is 1. The molecule has 1 aliphatic heterocycles. The first-order chi connectivity index (χ1) is 12.7. The molecule has 0 bridgehead atoms. The van der Waals surface area contributed by atoms with Gasteiger partial charge < -0.3 is 26.4 Å². The van der Waals surface area contributed by atoms with E-state index in [1.54, 1.807) is 0 Å². The predicted molar refractivity (Wildman–Crippen MR) is 100 cm³/mol. The molecule has 1 saturated carbocycles. The number of hydrogen-bond acceptors (Lipinski definition) is 7. The van der Waals surface area contributed by atoms with Gasteiger partial charge in [-0.1, -0.05) is 0 Å². The van der Waals surface area contributed by atoms with Crippen LogP contribution in [0.3, 0.4) is 0 Å². The molecule has 2 aliphatic rings. The molecule has 1 aromatic heterocycles. The molecule has 8 nitrogen and oxygen atoms in total. The molecule has 136 valence electrons. The minimum absolute atomic E-state index is 0.299. The summed E-state index contributed by atoms with van der Waals surface area (Å²) in [5, 5.41) is 9.74. The van der Waals surface area contributed by atoms with E-state index >= 15 is 0 Å². The van der Waals surface area contributed by atoms with Crippen molar-refractivity contribution in [3.05, 3.63) is 30.0 Å². The van der Waals surface area contributed by atoms with E-state index in [2.05, 4.69) is 25.9 Å². The number of amides is 1. The van der Waals surface area contributed by atoms with Gasteiger partial charge in [0, 0.05) is 25.0 Å². The first-order valence-electron chi connectivity index (χ1n) is 8.87. The van der Waals surface area contributed by atoms with Crippen molar-refractivity contribution >= 4 is 29.0 Å². The van der Waals surface area contributed by atoms with Gasteiger partial charge in [-0.3, -0.25) is 4.79 Å². The Hall–Kier alpha value is -3.03. The highest BCUT2D eigenvalue weighted by molar-refractivity contribution is 5.97. The summed E-state index contributed by atoms with van der Waals surface area (Å²) in [5.74, 6) is 1.82. The summed E-state index contributed by atoms with van der Waals surface area (Å²) in [5.41, 5.74) is 7.50. The highest BCUT2D eigenvalue weighted by Crippen LogP contribution is 2.31. The van der Waals surface area contributed by atoms with Crippen molar-refractivity contribution in [2.45, 2.75) is 19.3 Å². The summed E-state index contributed by atoms with van der Waals surface area (Å²) in [4.78, 5) is 20.3. The van der Waals surface area contributed by atoms with E-state index in [-0.39, 0.29) is 0 Å².